The van der Waals surface area contributed by atoms with Crippen LogP contribution >= 0.6 is 0 Å². The second-order valence-corrected chi connectivity index (χ2v) is 3.41. The Morgan fingerprint density at radius 2 is 2.29 bits per heavy atom. The first-order chi connectivity index (χ1) is 6.86. The van der Waals surface area contributed by atoms with Gasteiger partial charge in [0.15, 0.2) is 0 Å². The topological polar surface area (TPSA) is 54.0 Å². The molecule has 14 heavy (non-hydrogen) atoms. The number of amides is 1. The molecule has 0 aliphatic carbocycles. The van der Waals surface area contributed by atoms with Gasteiger partial charge in [-0.25, -0.2) is 0 Å². The maximum Gasteiger partial charge on any atom is 0.228 e. The molecule has 0 spiro atoms. The molecule has 0 saturated carbocycles. The Kier molecular flexibility index (Phi) is 2.74. The van der Waals surface area contributed by atoms with Crippen LogP contribution in [0.5, 0.6) is 0 Å². The average molecular weight is 191 g/mol. The first-order valence-electron chi connectivity index (χ1n) is 4.78. The monoisotopic (exact) mass is 191 g/mol. The molecule has 1 unspecified atom stereocenters. The molecule has 4 nitrogen and oxygen atoms in total. The number of carbonyl (C=O) groups is 1. The van der Waals surface area contributed by atoms with Crippen LogP contribution in [0.2, 0.25) is 0 Å². The highest BCUT2D eigenvalue weighted by molar-refractivity contribution is 5.92. The molecule has 0 bridgehead atoms. The summed E-state index contributed by atoms with van der Waals surface area (Å²) in [5.74, 6) is 0.212. The molecule has 1 saturated heterocycles. The molecule has 74 valence electrons. The number of rotatable bonds is 2. The van der Waals surface area contributed by atoms with Crippen LogP contribution in [0.15, 0.2) is 24.5 Å². The summed E-state index contributed by atoms with van der Waals surface area (Å²) in [4.78, 5) is 15.5. The van der Waals surface area contributed by atoms with Crippen LogP contribution in [-0.2, 0) is 4.79 Å². The van der Waals surface area contributed by atoms with E-state index in [2.05, 4.69) is 15.6 Å². The van der Waals surface area contributed by atoms with Crippen LogP contribution in [0.1, 0.15) is 6.42 Å². The fraction of sp³-hybridized carbons (Fsp3) is 0.400. The fourth-order valence-electron chi connectivity index (χ4n) is 1.56. The van der Waals surface area contributed by atoms with E-state index in [9.17, 15) is 4.79 Å². The van der Waals surface area contributed by atoms with E-state index in [1.54, 1.807) is 24.5 Å². The lowest BCUT2D eigenvalue weighted by atomic mass is 10.1. The predicted octanol–water partition coefficient (Wildman–Crippen LogP) is 0.630. The second-order valence-electron chi connectivity index (χ2n) is 3.41. The lowest BCUT2D eigenvalue weighted by Crippen LogP contribution is -2.24. The predicted molar refractivity (Wildman–Crippen MR) is 53.8 cm³/mol. The standard InChI is InChI=1S/C10H13N3O/c14-10(8-1-4-12-7-8)13-9-2-5-11-6-3-9/h2-3,5-6,8,12H,1,4,7H2,(H,11,13,14). The molecule has 1 aliphatic heterocycles. The Balaban J connectivity index is 1.94. The normalized spacial score (nSPS) is 20.7. The molecule has 0 aromatic carbocycles. The van der Waals surface area contributed by atoms with Gasteiger partial charge in [-0.2, -0.15) is 0 Å². The van der Waals surface area contributed by atoms with Gasteiger partial charge in [0.25, 0.3) is 0 Å². The van der Waals surface area contributed by atoms with Crippen molar-refractivity contribution in [3.05, 3.63) is 24.5 Å². The van der Waals surface area contributed by atoms with E-state index >= 15 is 0 Å². The Hall–Kier alpha value is -1.42. The van der Waals surface area contributed by atoms with Crippen molar-refractivity contribution < 1.29 is 4.79 Å². The highest BCUT2D eigenvalue weighted by atomic mass is 16.1. The summed E-state index contributed by atoms with van der Waals surface area (Å²) in [5.41, 5.74) is 0.817. The number of pyridine rings is 1. The maximum absolute atomic E-state index is 11.6. The van der Waals surface area contributed by atoms with Crippen LogP contribution in [0.4, 0.5) is 5.69 Å². The molecule has 4 heteroatoms. The van der Waals surface area contributed by atoms with Crippen molar-refractivity contribution in [2.24, 2.45) is 5.92 Å². The maximum atomic E-state index is 11.6. The average Bonchev–Trinajstić information content (AvgIpc) is 2.72. The second kappa shape index (κ2) is 4.19. The molecule has 2 rings (SSSR count). The number of nitrogens with one attached hydrogen (secondary N) is 2. The van der Waals surface area contributed by atoms with Gasteiger partial charge in [0.1, 0.15) is 0 Å². The summed E-state index contributed by atoms with van der Waals surface area (Å²) < 4.78 is 0. The third-order valence-electron chi connectivity index (χ3n) is 2.38. The molecule has 2 heterocycles. The van der Waals surface area contributed by atoms with Crippen molar-refractivity contribution in [1.82, 2.24) is 10.3 Å². The molecule has 1 fully saturated rings. The SMILES string of the molecule is O=C(Nc1ccncc1)C1CCNC1. The molecular formula is C10H13N3O. The summed E-state index contributed by atoms with van der Waals surface area (Å²) in [6, 6.07) is 3.58. The number of hydrogen-bond donors (Lipinski definition) is 2. The van der Waals surface area contributed by atoms with Crippen LogP contribution in [0, 0.1) is 5.92 Å². The highest BCUT2D eigenvalue weighted by Crippen LogP contribution is 2.11. The van der Waals surface area contributed by atoms with Crippen molar-refractivity contribution in [2.45, 2.75) is 6.42 Å². The summed E-state index contributed by atoms with van der Waals surface area (Å²) in [7, 11) is 0. The van der Waals surface area contributed by atoms with E-state index in [0.717, 1.165) is 25.2 Å². The molecular weight excluding hydrogens is 178 g/mol. The smallest absolute Gasteiger partial charge is 0.228 e. The number of carbonyl (C=O) groups excluding carboxylic acids is 1. The van der Waals surface area contributed by atoms with E-state index in [0.29, 0.717) is 0 Å². The number of aromatic nitrogens is 1. The van der Waals surface area contributed by atoms with Crippen LogP contribution in [0.25, 0.3) is 0 Å². The molecule has 2 N–H and O–H groups in total. The zero-order chi connectivity index (χ0) is 9.80. The van der Waals surface area contributed by atoms with E-state index in [-0.39, 0.29) is 11.8 Å². The zero-order valence-electron chi connectivity index (χ0n) is 7.86. The van der Waals surface area contributed by atoms with E-state index in [4.69, 9.17) is 0 Å². The summed E-state index contributed by atoms with van der Waals surface area (Å²) in [6.45, 7) is 1.73. The highest BCUT2D eigenvalue weighted by Gasteiger charge is 2.21. The Bertz CT molecular complexity index is 306. The number of nitrogens with zero attached hydrogens (tertiary/aromatic N) is 1. The van der Waals surface area contributed by atoms with Gasteiger partial charge in [0.05, 0.1) is 5.92 Å². The van der Waals surface area contributed by atoms with Crippen LogP contribution in [-0.4, -0.2) is 24.0 Å². The van der Waals surface area contributed by atoms with Crippen molar-refractivity contribution in [2.75, 3.05) is 18.4 Å². The van der Waals surface area contributed by atoms with Gasteiger partial charge < -0.3 is 10.6 Å². The van der Waals surface area contributed by atoms with Crippen molar-refractivity contribution in [1.29, 1.82) is 0 Å². The third kappa shape index (κ3) is 2.09. The first kappa shape index (κ1) is 9.15. The Morgan fingerprint density at radius 3 is 2.93 bits per heavy atom. The first-order valence-corrected chi connectivity index (χ1v) is 4.78. The lowest BCUT2D eigenvalue weighted by Gasteiger charge is -2.08. The zero-order valence-corrected chi connectivity index (χ0v) is 7.86. The molecule has 1 aliphatic rings. The van der Waals surface area contributed by atoms with Gasteiger partial charge in [-0.05, 0) is 25.1 Å². The largest absolute Gasteiger partial charge is 0.326 e. The van der Waals surface area contributed by atoms with Crippen LogP contribution in [0.3, 0.4) is 0 Å². The summed E-state index contributed by atoms with van der Waals surface area (Å²) in [5, 5.41) is 6.03. The fourth-order valence-corrected chi connectivity index (χ4v) is 1.56. The Labute approximate surface area is 82.7 Å². The number of anilines is 1. The Morgan fingerprint density at radius 1 is 1.50 bits per heavy atom. The van der Waals surface area contributed by atoms with Crippen molar-refractivity contribution in [3.8, 4) is 0 Å². The van der Waals surface area contributed by atoms with E-state index in [1.165, 1.54) is 0 Å². The minimum absolute atomic E-state index is 0.0983. The van der Waals surface area contributed by atoms with Gasteiger partial charge in [0, 0.05) is 24.6 Å². The van der Waals surface area contributed by atoms with Gasteiger partial charge in [0.2, 0.25) is 5.91 Å². The molecule has 1 amide bonds. The third-order valence-corrected chi connectivity index (χ3v) is 2.38. The quantitative estimate of drug-likeness (QED) is 0.721. The van der Waals surface area contributed by atoms with Gasteiger partial charge in [-0.1, -0.05) is 0 Å². The van der Waals surface area contributed by atoms with Crippen molar-refractivity contribution in [3.63, 3.8) is 0 Å². The minimum atomic E-state index is 0.0983. The molecule has 0 radical (unpaired) electrons. The van der Waals surface area contributed by atoms with Gasteiger partial charge >= 0.3 is 0 Å². The molecule has 1 aromatic rings. The van der Waals surface area contributed by atoms with Crippen molar-refractivity contribution >= 4 is 11.6 Å². The summed E-state index contributed by atoms with van der Waals surface area (Å²) >= 11 is 0. The van der Waals surface area contributed by atoms with Gasteiger partial charge in [-0.15, -0.1) is 0 Å². The van der Waals surface area contributed by atoms with Crippen LogP contribution < -0.4 is 10.6 Å². The van der Waals surface area contributed by atoms with Gasteiger partial charge in [-0.3, -0.25) is 9.78 Å². The lowest BCUT2D eigenvalue weighted by molar-refractivity contribution is -0.119. The minimum Gasteiger partial charge on any atom is -0.326 e. The van der Waals surface area contributed by atoms with E-state index < -0.39 is 0 Å². The summed E-state index contributed by atoms with van der Waals surface area (Å²) in [6.07, 6.45) is 4.27. The number of hydrogen-bond acceptors (Lipinski definition) is 3. The molecule has 1 atom stereocenters. The van der Waals surface area contributed by atoms with E-state index in [1.807, 2.05) is 0 Å². The molecule has 1 aromatic heterocycles.